The van der Waals surface area contributed by atoms with Crippen LogP contribution in [0.1, 0.15) is 40.6 Å². The topological polar surface area (TPSA) is 34.0 Å². The highest BCUT2D eigenvalue weighted by Gasteiger charge is 2.25. The maximum atomic E-state index is 12.4. The lowest BCUT2D eigenvalue weighted by atomic mass is 9.95. The molecule has 2 aromatic heterocycles. The maximum Gasteiger partial charge on any atom is 0.254 e. The molecule has 0 saturated heterocycles. The number of aromatic nitrogens is 1. The number of thiophene rings is 1. The van der Waals surface area contributed by atoms with Crippen molar-refractivity contribution in [3.05, 3.63) is 40.5 Å². The minimum Gasteiger partial charge on any atom is -0.352 e. The van der Waals surface area contributed by atoms with Gasteiger partial charge in [0.15, 0.2) is 0 Å². The number of hydrogen-bond acceptors (Lipinski definition) is 2. The molecule has 2 heterocycles. The molecule has 1 aliphatic carbocycles. The number of carbonyl (C=O) groups excluding carboxylic acids is 1. The standard InChI is InChI=1S/C15H18N2OS/c1-2-16-14(18)13-11-7-3-4-8-12(11)19-15(13)17-9-5-6-10-17/h5-6,9-10H,2-4,7-8H2,1H3,(H,16,18). The Morgan fingerprint density at radius 1 is 1.32 bits per heavy atom. The van der Waals surface area contributed by atoms with Gasteiger partial charge in [-0.05, 0) is 50.3 Å². The molecule has 3 rings (SSSR count). The Bertz CT molecular complexity index is 584. The summed E-state index contributed by atoms with van der Waals surface area (Å²) in [6.07, 6.45) is 8.63. The molecule has 0 saturated carbocycles. The molecular formula is C15H18N2OS. The van der Waals surface area contributed by atoms with E-state index >= 15 is 0 Å². The number of fused-ring (bicyclic) bond motifs is 1. The van der Waals surface area contributed by atoms with Crippen LogP contribution in [0.4, 0.5) is 0 Å². The first-order chi connectivity index (χ1) is 9.31. The van der Waals surface area contributed by atoms with Gasteiger partial charge in [0.05, 0.1) is 5.56 Å². The van der Waals surface area contributed by atoms with Gasteiger partial charge in [-0.3, -0.25) is 4.79 Å². The van der Waals surface area contributed by atoms with Crippen LogP contribution in [0.5, 0.6) is 0 Å². The summed E-state index contributed by atoms with van der Waals surface area (Å²) in [5, 5.41) is 4.03. The first-order valence-electron chi connectivity index (χ1n) is 6.87. The molecule has 0 fully saturated rings. The summed E-state index contributed by atoms with van der Waals surface area (Å²) < 4.78 is 2.06. The lowest BCUT2D eigenvalue weighted by Crippen LogP contribution is -2.24. The Labute approximate surface area is 117 Å². The zero-order valence-electron chi connectivity index (χ0n) is 11.1. The molecule has 0 bridgehead atoms. The third-order valence-electron chi connectivity index (χ3n) is 3.56. The zero-order chi connectivity index (χ0) is 13.2. The van der Waals surface area contributed by atoms with Crippen LogP contribution in [-0.2, 0) is 12.8 Å². The van der Waals surface area contributed by atoms with Gasteiger partial charge in [-0.2, -0.15) is 0 Å². The van der Waals surface area contributed by atoms with E-state index < -0.39 is 0 Å². The van der Waals surface area contributed by atoms with Crippen molar-refractivity contribution in [1.82, 2.24) is 9.88 Å². The van der Waals surface area contributed by atoms with E-state index in [2.05, 4.69) is 9.88 Å². The summed E-state index contributed by atoms with van der Waals surface area (Å²) in [6, 6.07) is 4.00. The number of carbonyl (C=O) groups is 1. The Kier molecular flexibility index (Phi) is 3.42. The van der Waals surface area contributed by atoms with Gasteiger partial charge in [0.25, 0.3) is 5.91 Å². The number of rotatable bonds is 3. The van der Waals surface area contributed by atoms with Crippen LogP contribution in [0.2, 0.25) is 0 Å². The molecule has 0 aromatic carbocycles. The van der Waals surface area contributed by atoms with Crippen molar-refractivity contribution in [2.75, 3.05) is 6.54 Å². The minimum absolute atomic E-state index is 0.0746. The van der Waals surface area contributed by atoms with Gasteiger partial charge in [-0.25, -0.2) is 0 Å². The number of nitrogens with one attached hydrogen (secondary N) is 1. The van der Waals surface area contributed by atoms with Crippen LogP contribution in [0.3, 0.4) is 0 Å². The fourth-order valence-corrected chi connectivity index (χ4v) is 4.04. The third-order valence-corrected chi connectivity index (χ3v) is 4.86. The highest BCUT2D eigenvalue weighted by atomic mass is 32.1. The molecule has 1 amide bonds. The SMILES string of the molecule is CCNC(=O)c1c(-n2cccc2)sc2c1CCCC2. The largest absolute Gasteiger partial charge is 0.352 e. The van der Waals surface area contributed by atoms with E-state index in [1.165, 1.54) is 23.3 Å². The molecule has 1 aliphatic rings. The monoisotopic (exact) mass is 274 g/mol. The number of aryl methyl sites for hydroxylation is 1. The Morgan fingerprint density at radius 3 is 2.79 bits per heavy atom. The number of amides is 1. The van der Waals surface area contributed by atoms with E-state index in [-0.39, 0.29) is 5.91 Å². The van der Waals surface area contributed by atoms with Gasteiger partial charge in [0, 0.05) is 23.8 Å². The van der Waals surface area contributed by atoms with Gasteiger partial charge in [0.2, 0.25) is 0 Å². The Balaban J connectivity index is 2.12. The average Bonchev–Trinajstić information content (AvgIpc) is 3.06. The van der Waals surface area contributed by atoms with E-state index in [9.17, 15) is 4.79 Å². The van der Waals surface area contributed by atoms with Crippen LogP contribution < -0.4 is 5.32 Å². The van der Waals surface area contributed by atoms with Crippen LogP contribution in [0.15, 0.2) is 24.5 Å². The lowest BCUT2D eigenvalue weighted by molar-refractivity contribution is 0.0955. The molecule has 0 aliphatic heterocycles. The van der Waals surface area contributed by atoms with Crippen molar-refractivity contribution < 1.29 is 4.79 Å². The normalized spacial score (nSPS) is 14.2. The second-order valence-electron chi connectivity index (χ2n) is 4.84. The maximum absolute atomic E-state index is 12.4. The summed E-state index contributed by atoms with van der Waals surface area (Å²) in [5.74, 6) is 0.0746. The van der Waals surface area contributed by atoms with Crippen molar-refractivity contribution in [2.45, 2.75) is 32.6 Å². The molecule has 4 heteroatoms. The average molecular weight is 274 g/mol. The minimum atomic E-state index is 0.0746. The summed E-state index contributed by atoms with van der Waals surface area (Å²) in [6.45, 7) is 2.64. The quantitative estimate of drug-likeness (QED) is 0.916. The number of hydrogen-bond donors (Lipinski definition) is 1. The summed E-state index contributed by atoms with van der Waals surface area (Å²) in [4.78, 5) is 13.8. The number of nitrogens with zero attached hydrogens (tertiary/aromatic N) is 1. The predicted octanol–water partition coefficient (Wildman–Crippen LogP) is 3.17. The second kappa shape index (κ2) is 5.21. The molecule has 0 spiro atoms. The van der Waals surface area contributed by atoms with Crippen molar-refractivity contribution in [2.24, 2.45) is 0 Å². The Morgan fingerprint density at radius 2 is 2.05 bits per heavy atom. The highest BCUT2D eigenvalue weighted by Crippen LogP contribution is 2.36. The molecule has 0 unspecified atom stereocenters. The van der Waals surface area contributed by atoms with Gasteiger partial charge in [-0.15, -0.1) is 11.3 Å². The van der Waals surface area contributed by atoms with E-state index in [0.29, 0.717) is 6.54 Å². The summed E-state index contributed by atoms with van der Waals surface area (Å²) >= 11 is 1.78. The first-order valence-corrected chi connectivity index (χ1v) is 7.69. The van der Waals surface area contributed by atoms with Crippen molar-refractivity contribution in [3.63, 3.8) is 0 Å². The lowest BCUT2D eigenvalue weighted by Gasteiger charge is -2.12. The molecular weight excluding hydrogens is 256 g/mol. The smallest absolute Gasteiger partial charge is 0.254 e. The zero-order valence-corrected chi connectivity index (χ0v) is 11.9. The van der Waals surface area contributed by atoms with E-state index in [1.807, 2.05) is 31.5 Å². The van der Waals surface area contributed by atoms with Gasteiger partial charge >= 0.3 is 0 Å². The van der Waals surface area contributed by atoms with E-state index in [4.69, 9.17) is 0 Å². The van der Waals surface area contributed by atoms with Crippen molar-refractivity contribution in [3.8, 4) is 5.00 Å². The first kappa shape index (κ1) is 12.5. The van der Waals surface area contributed by atoms with E-state index in [0.717, 1.165) is 23.4 Å². The molecule has 100 valence electrons. The summed E-state index contributed by atoms with van der Waals surface area (Å²) in [5.41, 5.74) is 2.18. The molecule has 1 N–H and O–H groups in total. The molecule has 0 radical (unpaired) electrons. The van der Waals surface area contributed by atoms with Crippen molar-refractivity contribution in [1.29, 1.82) is 0 Å². The fraction of sp³-hybridized carbons (Fsp3) is 0.400. The molecule has 0 atom stereocenters. The van der Waals surface area contributed by atoms with Crippen LogP contribution in [-0.4, -0.2) is 17.0 Å². The van der Waals surface area contributed by atoms with Gasteiger partial charge in [0.1, 0.15) is 5.00 Å². The highest BCUT2D eigenvalue weighted by molar-refractivity contribution is 7.15. The van der Waals surface area contributed by atoms with E-state index in [1.54, 1.807) is 11.3 Å². The fourth-order valence-electron chi connectivity index (χ4n) is 2.69. The predicted molar refractivity (Wildman–Crippen MR) is 78.3 cm³/mol. The summed E-state index contributed by atoms with van der Waals surface area (Å²) in [7, 11) is 0. The van der Waals surface area contributed by atoms with Gasteiger partial charge < -0.3 is 9.88 Å². The van der Waals surface area contributed by atoms with Crippen LogP contribution in [0.25, 0.3) is 5.00 Å². The Hall–Kier alpha value is -1.55. The molecule has 19 heavy (non-hydrogen) atoms. The van der Waals surface area contributed by atoms with Crippen LogP contribution in [0, 0.1) is 0 Å². The van der Waals surface area contributed by atoms with Crippen LogP contribution >= 0.6 is 11.3 Å². The van der Waals surface area contributed by atoms with Gasteiger partial charge in [-0.1, -0.05) is 0 Å². The van der Waals surface area contributed by atoms with Crippen molar-refractivity contribution >= 4 is 17.2 Å². The molecule has 2 aromatic rings. The third kappa shape index (κ3) is 2.21. The second-order valence-corrected chi connectivity index (χ2v) is 5.92. The molecule has 3 nitrogen and oxygen atoms in total.